The number of methoxy groups -OCH3 is 1. The molecule has 0 saturated heterocycles. The van der Waals surface area contributed by atoms with Crippen molar-refractivity contribution in [3.8, 4) is 5.75 Å². The fourth-order valence-electron chi connectivity index (χ4n) is 3.04. The van der Waals surface area contributed by atoms with Crippen molar-refractivity contribution in [3.63, 3.8) is 0 Å². The minimum atomic E-state index is -0.373. The molecular weight excluding hydrogens is 394 g/mol. The number of hydrogen-bond donors (Lipinski definition) is 2. The van der Waals surface area contributed by atoms with E-state index in [1.165, 1.54) is 5.56 Å². The molecule has 1 unspecified atom stereocenters. The maximum absolute atomic E-state index is 11.7. The molecule has 0 aliphatic carbocycles. The zero-order valence-electron chi connectivity index (χ0n) is 16.8. The van der Waals surface area contributed by atoms with Gasteiger partial charge in [0.1, 0.15) is 5.75 Å². The van der Waals surface area contributed by atoms with E-state index in [0.717, 1.165) is 28.2 Å². The van der Waals surface area contributed by atoms with Crippen molar-refractivity contribution in [2.45, 2.75) is 23.0 Å². The molecular formula is C25H25NO3S. The van der Waals surface area contributed by atoms with Crippen LogP contribution in [-0.4, -0.2) is 23.5 Å². The number of carbonyl (C=O) groups is 1. The van der Waals surface area contributed by atoms with Crippen LogP contribution in [0.3, 0.4) is 0 Å². The minimum Gasteiger partial charge on any atom is -0.497 e. The van der Waals surface area contributed by atoms with Crippen LogP contribution in [0.2, 0.25) is 0 Å². The molecule has 0 radical (unpaired) electrons. The summed E-state index contributed by atoms with van der Waals surface area (Å²) in [7, 11) is 1.66. The van der Waals surface area contributed by atoms with Crippen molar-refractivity contribution in [2.75, 3.05) is 7.11 Å². The Kier molecular flexibility index (Phi) is 8.12. The number of rotatable bonds is 9. The summed E-state index contributed by atoms with van der Waals surface area (Å²) in [5, 5.41) is 8.94. The molecule has 3 rings (SSSR count). The average molecular weight is 420 g/mol. The van der Waals surface area contributed by atoms with Gasteiger partial charge in [-0.1, -0.05) is 66.7 Å². The van der Waals surface area contributed by atoms with Crippen molar-refractivity contribution in [1.29, 1.82) is 0 Å². The first kappa shape index (κ1) is 21.7. The topological polar surface area (TPSA) is 58.6 Å². The lowest BCUT2D eigenvalue weighted by Gasteiger charge is -2.16. The number of hydroxylamine groups is 1. The average Bonchev–Trinajstić information content (AvgIpc) is 2.79. The lowest BCUT2D eigenvalue weighted by atomic mass is 10.1. The van der Waals surface area contributed by atoms with E-state index in [2.05, 4.69) is 48.6 Å². The molecule has 5 heteroatoms. The molecule has 0 aliphatic rings. The summed E-state index contributed by atoms with van der Waals surface area (Å²) in [5.41, 5.74) is 5.12. The number of ether oxygens (including phenoxy) is 1. The molecule has 1 atom stereocenters. The quantitative estimate of drug-likeness (QED) is 0.209. The van der Waals surface area contributed by atoms with Crippen LogP contribution in [0.25, 0.3) is 12.2 Å². The highest BCUT2D eigenvalue weighted by atomic mass is 32.2. The number of hydrogen-bond acceptors (Lipinski definition) is 4. The number of carbonyl (C=O) groups excluding carboxylic acids is 1. The molecule has 2 N–H and O–H groups in total. The predicted octanol–water partition coefficient (Wildman–Crippen LogP) is 5.46. The SMILES string of the molecule is COc1ccc(C=Cc2ccc(SC(CC(=O)NO)Cc3ccccc3)cc2)cc1. The third kappa shape index (κ3) is 6.79. The van der Waals surface area contributed by atoms with E-state index in [1.807, 2.05) is 42.5 Å². The Labute approximate surface area is 181 Å². The van der Waals surface area contributed by atoms with Gasteiger partial charge < -0.3 is 4.74 Å². The van der Waals surface area contributed by atoms with Gasteiger partial charge >= 0.3 is 0 Å². The molecule has 3 aromatic rings. The van der Waals surface area contributed by atoms with E-state index in [0.29, 0.717) is 0 Å². The molecule has 4 nitrogen and oxygen atoms in total. The third-order valence-corrected chi connectivity index (χ3v) is 5.82. The Morgan fingerprint density at radius 2 is 1.57 bits per heavy atom. The number of amides is 1. The van der Waals surface area contributed by atoms with Crippen LogP contribution < -0.4 is 10.2 Å². The Morgan fingerprint density at radius 3 is 2.13 bits per heavy atom. The number of benzene rings is 3. The normalized spacial score (nSPS) is 11.9. The van der Waals surface area contributed by atoms with E-state index in [4.69, 9.17) is 9.94 Å². The second kappa shape index (κ2) is 11.2. The molecule has 1 amide bonds. The van der Waals surface area contributed by atoms with Crippen molar-refractivity contribution in [2.24, 2.45) is 0 Å². The van der Waals surface area contributed by atoms with Gasteiger partial charge in [-0.05, 0) is 47.4 Å². The van der Waals surface area contributed by atoms with Gasteiger partial charge in [0.05, 0.1) is 7.11 Å². The molecule has 0 fully saturated rings. The zero-order valence-corrected chi connectivity index (χ0v) is 17.6. The highest BCUT2D eigenvalue weighted by Crippen LogP contribution is 2.29. The van der Waals surface area contributed by atoms with Gasteiger partial charge in [-0.3, -0.25) is 10.0 Å². The van der Waals surface area contributed by atoms with Crippen LogP contribution in [0.15, 0.2) is 83.8 Å². The molecule has 0 aromatic heterocycles. The van der Waals surface area contributed by atoms with E-state index in [1.54, 1.807) is 24.4 Å². The second-order valence-corrected chi connectivity index (χ2v) is 8.22. The van der Waals surface area contributed by atoms with E-state index >= 15 is 0 Å². The fourth-order valence-corrected chi connectivity index (χ4v) is 4.23. The summed E-state index contributed by atoms with van der Waals surface area (Å²) < 4.78 is 5.18. The summed E-state index contributed by atoms with van der Waals surface area (Å²) >= 11 is 1.64. The first-order valence-electron chi connectivity index (χ1n) is 9.72. The van der Waals surface area contributed by atoms with Crippen LogP contribution in [0.4, 0.5) is 0 Å². The van der Waals surface area contributed by atoms with Gasteiger partial charge in [-0.25, -0.2) is 5.48 Å². The molecule has 154 valence electrons. The molecule has 0 heterocycles. The van der Waals surface area contributed by atoms with Gasteiger partial charge in [0.25, 0.3) is 0 Å². The molecule has 0 aliphatic heterocycles. The van der Waals surface area contributed by atoms with E-state index < -0.39 is 0 Å². The van der Waals surface area contributed by atoms with Crippen molar-refractivity contribution in [3.05, 3.63) is 95.6 Å². The highest BCUT2D eigenvalue weighted by Gasteiger charge is 2.16. The van der Waals surface area contributed by atoms with Crippen LogP contribution in [-0.2, 0) is 11.2 Å². The van der Waals surface area contributed by atoms with E-state index in [9.17, 15) is 4.79 Å². The molecule has 3 aromatic carbocycles. The number of thioether (sulfide) groups is 1. The van der Waals surface area contributed by atoms with Crippen LogP contribution in [0, 0.1) is 0 Å². The second-order valence-electron chi connectivity index (χ2n) is 6.84. The summed E-state index contributed by atoms with van der Waals surface area (Å²) in [6.07, 6.45) is 5.12. The fraction of sp³-hybridized carbons (Fsp3) is 0.160. The maximum atomic E-state index is 11.7. The zero-order chi connectivity index (χ0) is 21.2. The summed E-state index contributed by atoms with van der Waals surface area (Å²) in [5.74, 6) is 0.468. The lowest BCUT2D eigenvalue weighted by Crippen LogP contribution is -2.24. The van der Waals surface area contributed by atoms with Crippen LogP contribution in [0.1, 0.15) is 23.1 Å². The van der Waals surface area contributed by atoms with Gasteiger partial charge in [-0.2, -0.15) is 0 Å². The first-order chi connectivity index (χ1) is 14.7. The van der Waals surface area contributed by atoms with Gasteiger partial charge in [0, 0.05) is 16.6 Å². The first-order valence-corrected chi connectivity index (χ1v) is 10.6. The van der Waals surface area contributed by atoms with Crippen LogP contribution in [0.5, 0.6) is 5.75 Å². The minimum absolute atomic E-state index is 0.0280. The highest BCUT2D eigenvalue weighted by molar-refractivity contribution is 8.00. The van der Waals surface area contributed by atoms with E-state index in [-0.39, 0.29) is 17.6 Å². The molecule has 0 bridgehead atoms. The van der Waals surface area contributed by atoms with Crippen molar-refractivity contribution in [1.82, 2.24) is 5.48 Å². The van der Waals surface area contributed by atoms with Gasteiger partial charge in [0.15, 0.2) is 0 Å². The Morgan fingerprint density at radius 1 is 0.967 bits per heavy atom. The molecule has 0 spiro atoms. The monoisotopic (exact) mass is 419 g/mol. The summed E-state index contributed by atoms with van der Waals surface area (Å²) in [6, 6.07) is 26.2. The molecule has 0 saturated carbocycles. The Balaban J connectivity index is 1.64. The van der Waals surface area contributed by atoms with Crippen molar-refractivity contribution >= 4 is 29.8 Å². The number of nitrogens with one attached hydrogen (secondary N) is 1. The summed E-state index contributed by atoms with van der Waals surface area (Å²) in [4.78, 5) is 12.8. The summed E-state index contributed by atoms with van der Waals surface area (Å²) in [6.45, 7) is 0. The van der Waals surface area contributed by atoms with Crippen molar-refractivity contribution < 1.29 is 14.7 Å². The smallest absolute Gasteiger partial charge is 0.244 e. The van der Waals surface area contributed by atoms with Gasteiger partial charge in [-0.15, -0.1) is 11.8 Å². The lowest BCUT2D eigenvalue weighted by molar-refractivity contribution is -0.129. The predicted molar refractivity (Wildman–Crippen MR) is 123 cm³/mol. The van der Waals surface area contributed by atoms with Crippen LogP contribution >= 0.6 is 11.8 Å². The largest absolute Gasteiger partial charge is 0.497 e. The Hall–Kier alpha value is -3.02. The standard InChI is InChI=1S/C25H25NO3S/c1-29-22-13-9-19(10-14-22)7-8-20-11-15-23(16-12-20)30-24(18-25(27)26-28)17-21-5-3-2-4-6-21/h2-16,24,28H,17-18H2,1H3,(H,26,27). The maximum Gasteiger partial charge on any atom is 0.244 e. The molecule has 30 heavy (non-hydrogen) atoms. The Bertz CT molecular complexity index is 954. The third-order valence-electron chi connectivity index (χ3n) is 4.61. The van der Waals surface area contributed by atoms with Gasteiger partial charge in [0.2, 0.25) is 5.91 Å².